The lowest BCUT2D eigenvalue weighted by Gasteiger charge is -2.57. The van der Waals surface area contributed by atoms with Crippen LogP contribution in [0.3, 0.4) is 0 Å². The van der Waals surface area contributed by atoms with Crippen LogP contribution in [0, 0.1) is 17.3 Å². The third-order valence-corrected chi connectivity index (χ3v) is 5.62. The molecule has 2 heteroatoms. The Hall–Kier alpha value is -0.340. The van der Waals surface area contributed by atoms with Crippen molar-refractivity contribution in [3.05, 3.63) is 11.6 Å². The van der Waals surface area contributed by atoms with Crippen LogP contribution < -0.4 is 5.73 Å². The summed E-state index contributed by atoms with van der Waals surface area (Å²) in [5.74, 6) is 1.84. The van der Waals surface area contributed by atoms with Gasteiger partial charge < -0.3 is 5.73 Å². The first-order valence-corrected chi connectivity index (χ1v) is 7.24. The minimum Gasteiger partial charge on any atom is -0.328 e. The third kappa shape index (κ3) is 1.96. The molecule has 2 fully saturated rings. The third-order valence-electron chi connectivity index (χ3n) is 5.62. The Labute approximate surface area is 105 Å². The van der Waals surface area contributed by atoms with Crippen molar-refractivity contribution in [3.8, 4) is 0 Å². The first kappa shape index (κ1) is 11.7. The van der Waals surface area contributed by atoms with Crippen molar-refractivity contribution >= 4 is 0 Å². The fourth-order valence-electron chi connectivity index (χ4n) is 4.03. The molecule has 1 heterocycles. The topological polar surface area (TPSA) is 29.3 Å². The average molecular weight is 234 g/mol. The molecule has 0 aromatic heterocycles. The molecule has 0 spiro atoms. The fraction of sp³-hybridized carbons (Fsp3) is 0.867. The molecule has 3 aliphatic carbocycles. The van der Waals surface area contributed by atoms with Crippen LogP contribution in [0.5, 0.6) is 0 Å². The molecule has 4 aliphatic rings. The zero-order valence-corrected chi connectivity index (χ0v) is 11.3. The van der Waals surface area contributed by atoms with E-state index in [1.54, 1.807) is 5.57 Å². The fourth-order valence-corrected chi connectivity index (χ4v) is 4.03. The molecule has 1 aliphatic heterocycles. The van der Waals surface area contributed by atoms with Crippen molar-refractivity contribution in [2.75, 3.05) is 19.6 Å². The molecule has 0 radical (unpaired) electrons. The lowest BCUT2D eigenvalue weighted by Crippen LogP contribution is -2.50. The Balaban J connectivity index is 1.61. The number of likely N-dealkylation sites (tertiary alicyclic amines) is 1. The monoisotopic (exact) mass is 234 g/mol. The van der Waals surface area contributed by atoms with Crippen LogP contribution in [0.1, 0.15) is 39.5 Å². The van der Waals surface area contributed by atoms with Crippen molar-refractivity contribution in [1.82, 2.24) is 4.90 Å². The first-order valence-electron chi connectivity index (χ1n) is 7.24. The molecule has 2 N–H and O–H groups in total. The summed E-state index contributed by atoms with van der Waals surface area (Å²) in [6.45, 7) is 8.55. The van der Waals surface area contributed by atoms with Gasteiger partial charge in [0.05, 0.1) is 0 Å². The maximum Gasteiger partial charge on any atom is 0.0195 e. The molecule has 0 aromatic rings. The number of piperidine rings is 1. The van der Waals surface area contributed by atoms with Gasteiger partial charge in [-0.3, -0.25) is 4.90 Å². The van der Waals surface area contributed by atoms with E-state index in [1.165, 1.54) is 45.3 Å². The largest absolute Gasteiger partial charge is 0.328 e. The molecule has 17 heavy (non-hydrogen) atoms. The Morgan fingerprint density at radius 1 is 1.35 bits per heavy atom. The standard InChI is InChI=1S/C15H26N2/c1-15(2)12-4-3-11(14(15)9-12)10-17-7-5-13(16)6-8-17/h3,12-14H,4-10,16H2,1-2H3/t12-,14-/m0/s1. The van der Waals surface area contributed by atoms with Crippen LogP contribution in [0.2, 0.25) is 0 Å². The number of rotatable bonds is 2. The van der Waals surface area contributed by atoms with Gasteiger partial charge in [-0.25, -0.2) is 0 Å². The van der Waals surface area contributed by atoms with Crippen molar-refractivity contribution in [2.24, 2.45) is 23.0 Å². The van der Waals surface area contributed by atoms with Gasteiger partial charge in [-0.2, -0.15) is 0 Å². The average Bonchev–Trinajstić information content (AvgIpc) is 2.32. The number of hydrogen-bond acceptors (Lipinski definition) is 2. The van der Waals surface area contributed by atoms with Crippen LogP contribution in [-0.4, -0.2) is 30.6 Å². The number of hydrogen-bond donors (Lipinski definition) is 1. The van der Waals surface area contributed by atoms with Crippen LogP contribution >= 0.6 is 0 Å². The molecule has 2 atom stereocenters. The Morgan fingerprint density at radius 2 is 2.06 bits per heavy atom. The highest BCUT2D eigenvalue weighted by Crippen LogP contribution is 2.59. The van der Waals surface area contributed by atoms with Crippen molar-refractivity contribution in [1.29, 1.82) is 0 Å². The highest BCUT2D eigenvalue weighted by atomic mass is 15.1. The van der Waals surface area contributed by atoms with E-state index in [9.17, 15) is 0 Å². The molecular formula is C15H26N2. The van der Waals surface area contributed by atoms with Crippen molar-refractivity contribution in [3.63, 3.8) is 0 Å². The quantitative estimate of drug-likeness (QED) is 0.743. The van der Waals surface area contributed by atoms with Gasteiger partial charge in [0.2, 0.25) is 0 Å². The molecule has 1 saturated carbocycles. The smallest absolute Gasteiger partial charge is 0.0195 e. The van der Waals surface area contributed by atoms with Gasteiger partial charge in [0, 0.05) is 12.6 Å². The minimum absolute atomic E-state index is 0.455. The van der Waals surface area contributed by atoms with Gasteiger partial charge in [0.25, 0.3) is 0 Å². The summed E-state index contributed by atoms with van der Waals surface area (Å²) in [5, 5.41) is 0. The maximum absolute atomic E-state index is 5.97. The Kier molecular flexibility index (Phi) is 2.83. The van der Waals surface area contributed by atoms with Gasteiger partial charge in [0.1, 0.15) is 0 Å². The lowest BCUT2D eigenvalue weighted by molar-refractivity contribution is -0.0112. The number of allylic oxidation sites excluding steroid dienone is 1. The predicted molar refractivity (Wildman–Crippen MR) is 71.7 cm³/mol. The summed E-state index contributed by atoms with van der Waals surface area (Å²) in [5.41, 5.74) is 8.28. The lowest BCUT2D eigenvalue weighted by atomic mass is 9.49. The van der Waals surface area contributed by atoms with E-state index >= 15 is 0 Å². The highest BCUT2D eigenvalue weighted by molar-refractivity contribution is 5.24. The highest BCUT2D eigenvalue weighted by Gasteiger charge is 2.51. The summed E-state index contributed by atoms with van der Waals surface area (Å²) in [7, 11) is 0. The Morgan fingerprint density at radius 3 is 2.65 bits per heavy atom. The van der Waals surface area contributed by atoms with Crippen molar-refractivity contribution < 1.29 is 0 Å². The summed E-state index contributed by atoms with van der Waals surface area (Å²) in [4.78, 5) is 2.62. The van der Waals surface area contributed by atoms with E-state index in [4.69, 9.17) is 5.73 Å². The number of nitrogens with two attached hydrogens (primary N) is 1. The number of fused-ring (bicyclic) bond motifs is 1. The molecule has 2 nitrogen and oxygen atoms in total. The molecule has 4 rings (SSSR count). The zero-order chi connectivity index (χ0) is 12.0. The second-order valence-corrected chi connectivity index (χ2v) is 6.93. The first-order chi connectivity index (χ1) is 8.07. The van der Waals surface area contributed by atoms with Gasteiger partial charge >= 0.3 is 0 Å². The minimum atomic E-state index is 0.455. The summed E-state index contributed by atoms with van der Waals surface area (Å²) in [6.07, 6.45) is 7.69. The van der Waals surface area contributed by atoms with E-state index in [0.717, 1.165) is 11.8 Å². The molecule has 96 valence electrons. The van der Waals surface area contributed by atoms with E-state index < -0.39 is 0 Å². The zero-order valence-electron chi connectivity index (χ0n) is 11.3. The molecule has 0 unspecified atom stereocenters. The van der Waals surface area contributed by atoms with Gasteiger partial charge in [0.15, 0.2) is 0 Å². The van der Waals surface area contributed by atoms with Gasteiger partial charge in [-0.1, -0.05) is 25.5 Å². The van der Waals surface area contributed by atoms with Crippen LogP contribution in [0.25, 0.3) is 0 Å². The second-order valence-electron chi connectivity index (χ2n) is 6.93. The molecule has 2 bridgehead atoms. The normalized spacial score (nSPS) is 37.5. The SMILES string of the molecule is CC1(C)[C@H]2CC=C(CN3CCC(N)CC3)[C@@H]1C2. The van der Waals surface area contributed by atoms with E-state index in [0.29, 0.717) is 11.5 Å². The Bertz CT molecular complexity index is 324. The molecule has 1 saturated heterocycles. The van der Waals surface area contributed by atoms with Crippen LogP contribution in [0.15, 0.2) is 11.6 Å². The number of nitrogens with zero attached hydrogens (tertiary/aromatic N) is 1. The molecule has 0 amide bonds. The van der Waals surface area contributed by atoms with E-state index in [-0.39, 0.29) is 0 Å². The van der Waals surface area contributed by atoms with Crippen LogP contribution in [-0.2, 0) is 0 Å². The van der Waals surface area contributed by atoms with E-state index in [1.807, 2.05) is 0 Å². The summed E-state index contributed by atoms with van der Waals surface area (Å²) >= 11 is 0. The van der Waals surface area contributed by atoms with Crippen LogP contribution in [0.4, 0.5) is 0 Å². The van der Waals surface area contributed by atoms with Gasteiger partial charge in [-0.05, 0) is 56.0 Å². The molecule has 0 aromatic carbocycles. The predicted octanol–water partition coefficient (Wildman–Crippen LogP) is 2.40. The summed E-state index contributed by atoms with van der Waals surface area (Å²) in [6, 6.07) is 0.455. The van der Waals surface area contributed by atoms with E-state index in [2.05, 4.69) is 24.8 Å². The maximum atomic E-state index is 5.97. The second kappa shape index (κ2) is 4.10. The van der Waals surface area contributed by atoms with Crippen molar-refractivity contribution in [2.45, 2.75) is 45.6 Å². The summed E-state index contributed by atoms with van der Waals surface area (Å²) < 4.78 is 0. The van der Waals surface area contributed by atoms with Gasteiger partial charge in [-0.15, -0.1) is 0 Å². The molecular weight excluding hydrogens is 208 g/mol.